The van der Waals surface area contributed by atoms with Crippen LogP contribution in [-0.4, -0.2) is 26.0 Å². The normalized spacial score (nSPS) is 11.8. The van der Waals surface area contributed by atoms with Gasteiger partial charge in [-0.25, -0.2) is 4.39 Å². The Balaban J connectivity index is 1.86. The zero-order chi connectivity index (χ0) is 20.6. The minimum atomic E-state index is -0.272. The Morgan fingerprint density at radius 1 is 1.00 bits per heavy atom. The van der Waals surface area contributed by atoms with Crippen LogP contribution in [0.2, 0.25) is 0 Å². The number of ether oxygens (including phenoxy) is 1. The Kier molecular flexibility index (Phi) is 7.14. The van der Waals surface area contributed by atoms with E-state index in [9.17, 15) is 9.18 Å². The smallest absolute Gasteiger partial charge is 0.170 e. The van der Waals surface area contributed by atoms with Gasteiger partial charge >= 0.3 is 0 Å². The van der Waals surface area contributed by atoms with Crippen molar-refractivity contribution in [3.05, 3.63) is 89.7 Å². The van der Waals surface area contributed by atoms with Crippen molar-refractivity contribution >= 4 is 5.78 Å². The first kappa shape index (κ1) is 20.7. The molecule has 150 valence electrons. The van der Waals surface area contributed by atoms with E-state index < -0.39 is 0 Å². The molecule has 0 heterocycles. The number of halogens is 1. The number of ketones is 1. The number of likely N-dealkylation sites (N-methyl/N-ethyl adjacent to an activating group) is 1. The van der Waals surface area contributed by atoms with E-state index in [1.54, 1.807) is 12.1 Å². The molecular formula is C25H26FNO2. The van der Waals surface area contributed by atoms with Gasteiger partial charge in [0, 0.05) is 18.0 Å². The molecule has 4 heteroatoms. The lowest BCUT2D eigenvalue weighted by Crippen LogP contribution is -2.16. The fourth-order valence-electron chi connectivity index (χ4n) is 3.43. The van der Waals surface area contributed by atoms with Crippen molar-refractivity contribution in [3.63, 3.8) is 0 Å². The van der Waals surface area contributed by atoms with E-state index in [-0.39, 0.29) is 17.5 Å². The van der Waals surface area contributed by atoms with Gasteiger partial charge in [0.25, 0.3) is 0 Å². The van der Waals surface area contributed by atoms with Gasteiger partial charge in [0.05, 0.1) is 0 Å². The summed E-state index contributed by atoms with van der Waals surface area (Å²) >= 11 is 0. The molecule has 0 aromatic heterocycles. The van der Waals surface area contributed by atoms with Crippen LogP contribution in [0, 0.1) is 5.82 Å². The molecule has 0 aliphatic heterocycles. The van der Waals surface area contributed by atoms with Crippen LogP contribution in [0.15, 0.2) is 72.8 Å². The van der Waals surface area contributed by atoms with Crippen LogP contribution in [0.4, 0.5) is 4.39 Å². The van der Waals surface area contributed by atoms with Gasteiger partial charge in [0.15, 0.2) is 5.78 Å². The highest BCUT2D eigenvalue weighted by Gasteiger charge is 2.23. The third kappa shape index (κ3) is 5.09. The maximum absolute atomic E-state index is 13.3. The van der Waals surface area contributed by atoms with Crippen molar-refractivity contribution in [2.75, 3.05) is 20.2 Å². The zero-order valence-electron chi connectivity index (χ0n) is 16.8. The Labute approximate surface area is 171 Å². The molecule has 0 saturated heterocycles. The lowest BCUT2D eigenvalue weighted by Gasteiger charge is -2.19. The number of Topliss-reactive ketones (excluding diaryl/α,β-unsaturated/α-hetero) is 1. The lowest BCUT2D eigenvalue weighted by molar-refractivity contribution is 0.0957. The SMILES string of the molecule is CCC(C(=O)c1ccc(OCCNC)cc1)c1ccccc1-c1ccc(F)cc1. The molecule has 0 radical (unpaired) electrons. The summed E-state index contributed by atoms with van der Waals surface area (Å²) < 4.78 is 19.0. The van der Waals surface area contributed by atoms with Crippen LogP contribution in [0.25, 0.3) is 11.1 Å². The summed E-state index contributed by atoms with van der Waals surface area (Å²) in [5.41, 5.74) is 3.48. The fraction of sp³-hybridized carbons (Fsp3) is 0.240. The standard InChI is InChI=1S/C25H26FNO2/c1-3-22(25(28)19-10-14-21(15-11-19)29-17-16-27-2)24-7-5-4-6-23(24)18-8-12-20(26)13-9-18/h4-15,22,27H,3,16-17H2,1-2H3. The van der Waals surface area contributed by atoms with Gasteiger partial charge in [-0.15, -0.1) is 0 Å². The molecule has 0 bridgehead atoms. The molecule has 29 heavy (non-hydrogen) atoms. The van der Waals surface area contributed by atoms with Crippen molar-refractivity contribution < 1.29 is 13.9 Å². The summed E-state index contributed by atoms with van der Waals surface area (Å²) in [5.74, 6) is 0.277. The Morgan fingerprint density at radius 2 is 1.69 bits per heavy atom. The van der Waals surface area contributed by atoms with Crippen LogP contribution in [-0.2, 0) is 0 Å². The van der Waals surface area contributed by atoms with Gasteiger partial charge in [-0.1, -0.05) is 43.3 Å². The second-order valence-electron chi connectivity index (χ2n) is 6.90. The number of hydrogen-bond acceptors (Lipinski definition) is 3. The second-order valence-corrected chi connectivity index (χ2v) is 6.90. The van der Waals surface area contributed by atoms with Gasteiger partial charge in [0.1, 0.15) is 18.2 Å². The molecule has 1 N–H and O–H groups in total. The molecule has 0 aliphatic rings. The van der Waals surface area contributed by atoms with Crippen LogP contribution < -0.4 is 10.1 Å². The van der Waals surface area contributed by atoms with Gasteiger partial charge in [-0.2, -0.15) is 0 Å². The average Bonchev–Trinajstić information content (AvgIpc) is 2.76. The number of carbonyl (C=O) groups is 1. The molecule has 3 aromatic rings. The van der Waals surface area contributed by atoms with Gasteiger partial charge in [-0.3, -0.25) is 4.79 Å². The first-order valence-electron chi connectivity index (χ1n) is 9.90. The average molecular weight is 391 g/mol. The fourth-order valence-corrected chi connectivity index (χ4v) is 3.43. The molecule has 3 aromatic carbocycles. The summed E-state index contributed by atoms with van der Waals surface area (Å²) in [6.07, 6.45) is 0.678. The molecule has 0 fully saturated rings. The van der Waals surface area contributed by atoms with E-state index in [4.69, 9.17) is 4.74 Å². The quantitative estimate of drug-likeness (QED) is 0.388. The monoisotopic (exact) mass is 391 g/mol. The van der Waals surface area contributed by atoms with E-state index >= 15 is 0 Å². The summed E-state index contributed by atoms with van der Waals surface area (Å²) in [6, 6.07) is 21.6. The van der Waals surface area contributed by atoms with Crippen molar-refractivity contribution in [3.8, 4) is 16.9 Å². The zero-order valence-corrected chi connectivity index (χ0v) is 16.8. The number of benzene rings is 3. The largest absolute Gasteiger partial charge is 0.492 e. The molecule has 3 rings (SSSR count). The topological polar surface area (TPSA) is 38.3 Å². The Bertz CT molecular complexity index is 936. The summed E-state index contributed by atoms with van der Waals surface area (Å²) in [6.45, 7) is 3.35. The highest BCUT2D eigenvalue weighted by molar-refractivity contribution is 6.02. The van der Waals surface area contributed by atoms with E-state index in [0.717, 1.165) is 29.0 Å². The predicted molar refractivity (Wildman–Crippen MR) is 115 cm³/mol. The number of carbonyl (C=O) groups excluding carboxylic acids is 1. The second kappa shape index (κ2) is 9.99. The molecule has 3 nitrogen and oxygen atoms in total. The number of rotatable bonds is 9. The highest BCUT2D eigenvalue weighted by atomic mass is 19.1. The molecule has 1 unspecified atom stereocenters. The summed E-state index contributed by atoms with van der Waals surface area (Å²) in [5, 5.41) is 3.03. The van der Waals surface area contributed by atoms with Crippen LogP contribution in [0.1, 0.15) is 35.2 Å². The van der Waals surface area contributed by atoms with Crippen molar-refractivity contribution in [2.45, 2.75) is 19.3 Å². The molecule has 1 atom stereocenters. The lowest BCUT2D eigenvalue weighted by atomic mass is 9.84. The van der Waals surface area contributed by atoms with Crippen molar-refractivity contribution in [1.29, 1.82) is 0 Å². The molecule has 0 amide bonds. The predicted octanol–water partition coefficient (Wildman–Crippen LogP) is 5.47. The first-order valence-corrected chi connectivity index (χ1v) is 9.90. The van der Waals surface area contributed by atoms with Gasteiger partial charge in [0.2, 0.25) is 0 Å². The molecular weight excluding hydrogens is 365 g/mol. The summed E-state index contributed by atoms with van der Waals surface area (Å²) in [4.78, 5) is 13.3. The van der Waals surface area contributed by atoms with Crippen LogP contribution >= 0.6 is 0 Å². The first-order chi connectivity index (χ1) is 14.1. The van der Waals surface area contributed by atoms with E-state index in [2.05, 4.69) is 5.32 Å². The maximum Gasteiger partial charge on any atom is 0.170 e. The van der Waals surface area contributed by atoms with Crippen molar-refractivity contribution in [2.24, 2.45) is 0 Å². The van der Waals surface area contributed by atoms with E-state index in [1.165, 1.54) is 12.1 Å². The Morgan fingerprint density at radius 3 is 2.34 bits per heavy atom. The van der Waals surface area contributed by atoms with Crippen LogP contribution in [0.5, 0.6) is 5.75 Å². The molecule has 0 saturated carbocycles. The van der Waals surface area contributed by atoms with E-state index in [0.29, 0.717) is 18.6 Å². The minimum absolute atomic E-state index is 0.0730. The summed E-state index contributed by atoms with van der Waals surface area (Å²) in [7, 11) is 1.87. The number of nitrogens with one attached hydrogen (secondary N) is 1. The Hall–Kier alpha value is -2.98. The minimum Gasteiger partial charge on any atom is -0.492 e. The number of hydrogen-bond donors (Lipinski definition) is 1. The highest BCUT2D eigenvalue weighted by Crippen LogP contribution is 2.33. The van der Waals surface area contributed by atoms with Crippen molar-refractivity contribution in [1.82, 2.24) is 5.32 Å². The molecule has 0 aliphatic carbocycles. The van der Waals surface area contributed by atoms with Gasteiger partial charge in [-0.05, 0) is 66.6 Å². The van der Waals surface area contributed by atoms with Gasteiger partial charge < -0.3 is 10.1 Å². The van der Waals surface area contributed by atoms with E-state index in [1.807, 2.05) is 62.5 Å². The third-order valence-corrected chi connectivity index (χ3v) is 4.98. The van der Waals surface area contributed by atoms with Crippen LogP contribution in [0.3, 0.4) is 0 Å². The third-order valence-electron chi connectivity index (χ3n) is 4.98. The maximum atomic E-state index is 13.3. The molecule has 0 spiro atoms.